The highest BCUT2D eigenvalue weighted by atomic mass is 15.0. The molecule has 2 atom stereocenters. The third kappa shape index (κ3) is 1.21. The largest absolute Gasteiger partial charge is 0.357 e. The third-order valence-corrected chi connectivity index (χ3v) is 3.43. The minimum Gasteiger partial charge on any atom is -0.357 e. The molecule has 1 aromatic heterocycles. The van der Waals surface area contributed by atoms with Crippen LogP contribution in [0.3, 0.4) is 0 Å². The molecule has 2 unspecified atom stereocenters. The van der Waals surface area contributed by atoms with E-state index in [2.05, 4.69) is 48.4 Å². The van der Waals surface area contributed by atoms with E-state index in [0.717, 1.165) is 6.54 Å². The average molecular weight is 200 g/mol. The van der Waals surface area contributed by atoms with Gasteiger partial charge in [0.25, 0.3) is 0 Å². The molecule has 2 heterocycles. The van der Waals surface area contributed by atoms with Gasteiger partial charge in [-0.1, -0.05) is 25.1 Å². The van der Waals surface area contributed by atoms with E-state index in [9.17, 15) is 0 Å². The standard InChI is InChI=1S/C13H16N2/c1-8-7-14-9(2)13-12(8)10-5-3-4-6-11(10)15-13/h3-6,8-9,14-15H,7H2,1-2H3. The Balaban J connectivity index is 2.34. The van der Waals surface area contributed by atoms with Crippen LogP contribution in [0.4, 0.5) is 0 Å². The molecule has 1 aliphatic rings. The zero-order chi connectivity index (χ0) is 10.4. The van der Waals surface area contributed by atoms with E-state index in [1.807, 2.05) is 0 Å². The first-order valence-corrected chi connectivity index (χ1v) is 5.61. The van der Waals surface area contributed by atoms with Crippen molar-refractivity contribution in [1.82, 2.24) is 10.3 Å². The zero-order valence-electron chi connectivity index (χ0n) is 9.17. The Hall–Kier alpha value is -1.28. The van der Waals surface area contributed by atoms with Gasteiger partial charge in [0.05, 0.1) is 0 Å². The maximum atomic E-state index is 3.53. The predicted molar refractivity (Wildman–Crippen MR) is 63.1 cm³/mol. The molecule has 0 amide bonds. The predicted octanol–water partition coefficient (Wildman–Crippen LogP) is 2.94. The first-order chi connectivity index (χ1) is 7.27. The second kappa shape index (κ2) is 3.11. The highest BCUT2D eigenvalue weighted by molar-refractivity contribution is 5.85. The molecule has 0 radical (unpaired) electrons. The Morgan fingerprint density at radius 2 is 2.00 bits per heavy atom. The maximum absolute atomic E-state index is 3.53. The van der Waals surface area contributed by atoms with Gasteiger partial charge in [0, 0.05) is 29.2 Å². The van der Waals surface area contributed by atoms with Gasteiger partial charge in [0.1, 0.15) is 0 Å². The van der Waals surface area contributed by atoms with Crippen molar-refractivity contribution in [3.63, 3.8) is 0 Å². The van der Waals surface area contributed by atoms with Crippen molar-refractivity contribution < 1.29 is 0 Å². The highest BCUT2D eigenvalue weighted by Crippen LogP contribution is 2.35. The van der Waals surface area contributed by atoms with Gasteiger partial charge in [0.2, 0.25) is 0 Å². The van der Waals surface area contributed by atoms with Crippen molar-refractivity contribution in [1.29, 1.82) is 0 Å². The molecule has 3 rings (SSSR count). The molecule has 2 N–H and O–H groups in total. The fraction of sp³-hybridized carbons (Fsp3) is 0.385. The summed E-state index contributed by atoms with van der Waals surface area (Å²) in [7, 11) is 0. The Bertz CT molecular complexity index is 498. The van der Waals surface area contributed by atoms with Crippen molar-refractivity contribution in [2.24, 2.45) is 0 Å². The number of rotatable bonds is 0. The summed E-state index contributed by atoms with van der Waals surface area (Å²) in [4.78, 5) is 3.53. The molecule has 15 heavy (non-hydrogen) atoms. The van der Waals surface area contributed by atoms with Gasteiger partial charge in [-0.3, -0.25) is 0 Å². The summed E-state index contributed by atoms with van der Waals surface area (Å²) in [6.07, 6.45) is 0. The summed E-state index contributed by atoms with van der Waals surface area (Å²) in [5, 5.41) is 4.91. The van der Waals surface area contributed by atoms with Crippen LogP contribution in [0, 0.1) is 0 Å². The molecule has 2 nitrogen and oxygen atoms in total. The first kappa shape index (κ1) is 8.98. The molecule has 0 spiro atoms. The van der Waals surface area contributed by atoms with Crippen molar-refractivity contribution in [3.05, 3.63) is 35.5 Å². The smallest absolute Gasteiger partial charge is 0.0459 e. The van der Waals surface area contributed by atoms with Crippen LogP contribution in [0.15, 0.2) is 24.3 Å². The Labute approximate surface area is 89.7 Å². The molecule has 0 fully saturated rings. The van der Waals surface area contributed by atoms with E-state index in [-0.39, 0.29) is 0 Å². The van der Waals surface area contributed by atoms with Crippen molar-refractivity contribution in [3.8, 4) is 0 Å². The van der Waals surface area contributed by atoms with Crippen LogP contribution in [0.2, 0.25) is 0 Å². The third-order valence-electron chi connectivity index (χ3n) is 3.43. The van der Waals surface area contributed by atoms with Gasteiger partial charge < -0.3 is 10.3 Å². The van der Waals surface area contributed by atoms with Gasteiger partial charge >= 0.3 is 0 Å². The molecule has 1 aliphatic heterocycles. The molecule has 0 saturated heterocycles. The molecule has 1 aromatic carbocycles. The van der Waals surface area contributed by atoms with Crippen LogP contribution in [0.1, 0.15) is 37.1 Å². The summed E-state index contributed by atoms with van der Waals surface area (Å²) in [6, 6.07) is 9.04. The SMILES string of the molecule is CC1CNC(C)c2[nH]c3ccccc3c21. The fourth-order valence-corrected chi connectivity index (χ4v) is 2.61. The van der Waals surface area contributed by atoms with Gasteiger partial charge in [0.15, 0.2) is 0 Å². The molecular weight excluding hydrogens is 184 g/mol. The summed E-state index contributed by atoms with van der Waals surface area (Å²) in [5.41, 5.74) is 4.15. The number of nitrogens with one attached hydrogen (secondary N) is 2. The fourth-order valence-electron chi connectivity index (χ4n) is 2.61. The molecule has 0 aliphatic carbocycles. The number of H-pyrrole nitrogens is 1. The molecule has 78 valence electrons. The van der Waals surface area contributed by atoms with E-state index in [1.54, 1.807) is 0 Å². The van der Waals surface area contributed by atoms with Gasteiger partial charge in [-0.25, -0.2) is 0 Å². The summed E-state index contributed by atoms with van der Waals surface area (Å²) >= 11 is 0. The number of hydrogen-bond donors (Lipinski definition) is 2. The van der Waals surface area contributed by atoms with E-state index < -0.39 is 0 Å². The van der Waals surface area contributed by atoms with Crippen LogP contribution in [-0.4, -0.2) is 11.5 Å². The Kier molecular flexibility index (Phi) is 1.86. The lowest BCUT2D eigenvalue weighted by Gasteiger charge is -2.25. The van der Waals surface area contributed by atoms with Crippen LogP contribution < -0.4 is 5.32 Å². The van der Waals surface area contributed by atoms with E-state index in [1.165, 1.54) is 22.2 Å². The number of para-hydroxylation sites is 1. The number of aromatic nitrogens is 1. The number of fused-ring (bicyclic) bond motifs is 3. The maximum Gasteiger partial charge on any atom is 0.0459 e. The van der Waals surface area contributed by atoms with Crippen LogP contribution in [-0.2, 0) is 0 Å². The Morgan fingerprint density at radius 1 is 1.20 bits per heavy atom. The lowest BCUT2D eigenvalue weighted by atomic mass is 9.92. The van der Waals surface area contributed by atoms with E-state index in [0.29, 0.717) is 12.0 Å². The summed E-state index contributed by atoms with van der Waals surface area (Å²) < 4.78 is 0. The van der Waals surface area contributed by atoms with Crippen LogP contribution in [0.5, 0.6) is 0 Å². The molecule has 2 aromatic rings. The summed E-state index contributed by atoms with van der Waals surface area (Å²) in [6.45, 7) is 5.59. The summed E-state index contributed by atoms with van der Waals surface area (Å²) in [5.74, 6) is 0.604. The zero-order valence-corrected chi connectivity index (χ0v) is 9.17. The average Bonchev–Trinajstić information content (AvgIpc) is 2.64. The molecular formula is C13H16N2. The Morgan fingerprint density at radius 3 is 2.87 bits per heavy atom. The van der Waals surface area contributed by atoms with E-state index >= 15 is 0 Å². The van der Waals surface area contributed by atoms with Gasteiger partial charge in [-0.15, -0.1) is 0 Å². The molecule has 2 heteroatoms. The van der Waals surface area contributed by atoms with E-state index in [4.69, 9.17) is 0 Å². The highest BCUT2D eigenvalue weighted by Gasteiger charge is 2.25. The second-order valence-electron chi connectivity index (χ2n) is 4.53. The number of aromatic amines is 1. The quantitative estimate of drug-likeness (QED) is 0.672. The van der Waals surface area contributed by atoms with Gasteiger partial charge in [-0.2, -0.15) is 0 Å². The molecule has 0 bridgehead atoms. The lowest BCUT2D eigenvalue weighted by molar-refractivity contribution is 0.490. The minimum absolute atomic E-state index is 0.448. The lowest BCUT2D eigenvalue weighted by Crippen LogP contribution is -2.29. The van der Waals surface area contributed by atoms with Crippen LogP contribution in [0.25, 0.3) is 10.9 Å². The minimum atomic E-state index is 0.448. The first-order valence-electron chi connectivity index (χ1n) is 5.61. The molecule has 0 saturated carbocycles. The van der Waals surface area contributed by atoms with Crippen molar-refractivity contribution in [2.45, 2.75) is 25.8 Å². The number of benzene rings is 1. The monoisotopic (exact) mass is 200 g/mol. The van der Waals surface area contributed by atoms with Crippen molar-refractivity contribution >= 4 is 10.9 Å². The number of hydrogen-bond acceptors (Lipinski definition) is 1. The van der Waals surface area contributed by atoms with Crippen molar-refractivity contribution in [2.75, 3.05) is 6.54 Å². The van der Waals surface area contributed by atoms with Crippen LogP contribution >= 0.6 is 0 Å². The normalized spacial score (nSPS) is 25.5. The van der Waals surface area contributed by atoms with Gasteiger partial charge in [-0.05, 0) is 24.5 Å². The topological polar surface area (TPSA) is 27.8 Å². The second-order valence-corrected chi connectivity index (χ2v) is 4.53.